The first-order valence-corrected chi connectivity index (χ1v) is 5.89. The summed E-state index contributed by atoms with van der Waals surface area (Å²) in [6, 6.07) is 12.0. The van der Waals surface area contributed by atoms with E-state index in [9.17, 15) is 4.39 Å². The molecular weight excluding hydrogens is 243 g/mol. The van der Waals surface area contributed by atoms with Gasteiger partial charge in [0, 0.05) is 17.2 Å². The van der Waals surface area contributed by atoms with E-state index in [-0.39, 0.29) is 18.3 Å². The monoisotopic (exact) mass is 258 g/mol. The number of nitrogen functional groups attached to an aromatic ring is 1. The third-order valence-electron chi connectivity index (χ3n) is 2.85. The fourth-order valence-corrected chi connectivity index (χ4v) is 1.73. The van der Waals surface area contributed by atoms with Crippen molar-refractivity contribution in [2.45, 2.75) is 13.5 Å². The molecular formula is C15H15FN2O. The number of benzene rings is 2. The molecule has 0 bridgehead atoms. The number of halogens is 1. The zero-order valence-corrected chi connectivity index (χ0v) is 10.6. The van der Waals surface area contributed by atoms with Gasteiger partial charge in [-0.2, -0.15) is 0 Å². The highest BCUT2D eigenvalue weighted by Crippen LogP contribution is 2.18. The van der Waals surface area contributed by atoms with Gasteiger partial charge in [0.15, 0.2) is 0 Å². The molecule has 0 saturated carbocycles. The number of amidine groups is 1. The molecule has 0 heterocycles. The number of nitrogens with two attached hydrogens (primary N) is 1. The molecule has 4 heteroatoms. The fraction of sp³-hybridized carbons (Fsp3) is 0.133. The SMILES string of the molecule is Cc1ccc(OCc2ccccc2C(=N)N)cc1F. The van der Waals surface area contributed by atoms with E-state index >= 15 is 0 Å². The van der Waals surface area contributed by atoms with Crippen molar-refractivity contribution in [2.75, 3.05) is 0 Å². The van der Waals surface area contributed by atoms with Crippen LogP contribution in [0.1, 0.15) is 16.7 Å². The largest absolute Gasteiger partial charge is 0.489 e. The second-order valence-corrected chi connectivity index (χ2v) is 4.27. The summed E-state index contributed by atoms with van der Waals surface area (Å²) in [5.74, 6) is 0.160. The number of nitrogens with one attached hydrogen (secondary N) is 1. The Morgan fingerprint density at radius 2 is 2.00 bits per heavy atom. The second kappa shape index (κ2) is 5.52. The highest BCUT2D eigenvalue weighted by Gasteiger charge is 2.06. The van der Waals surface area contributed by atoms with Crippen LogP contribution >= 0.6 is 0 Å². The van der Waals surface area contributed by atoms with Crippen LogP contribution in [0.25, 0.3) is 0 Å². The van der Waals surface area contributed by atoms with Crippen molar-refractivity contribution in [3.8, 4) is 5.75 Å². The van der Waals surface area contributed by atoms with Crippen molar-refractivity contribution < 1.29 is 9.13 Å². The van der Waals surface area contributed by atoms with Crippen molar-refractivity contribution in [1.29, 1.82) is 5.41 Å². The summed E-state index contributed by atoms with van der Waals surface area (Å²) < 4.78 is 18.9. The van der Waals surface area contributed by atoms with E-state index in [1.54, 1.807) is 25.1 Å². The van der Waals surface area contributed by atoms with Crippen LogP contribution in [0, 0.1) is 18.2 Å². The van der Waals surface area contributed by atoms with Crippen molar-refractivity contribution in [2.24, 2.45) is 5.73 Å². The summed E-state index contributed by atoms with van der Waals surface area (Å²) in [6.07, 6.45) is 0. The lowest BCUT2D eigenvalue weighted by atomic mass is 10.1. The normalized spacial score (nSPS) is 10.2. The molecule has 3 nitrogen and oxygen atoms in total. The van der Waals surface area contributed by atoms with E-state index in [0.717, 1.165) is 5.56 Å². The molecule has 0 aliphatic heterocycles. The average Bonchev–Trinajstić information content (AvgIpc) is 2.40. The molecule has 0 amide bonds. The van der Waals surface area contributed by atoms with Crippen molar-refractivity contribution in [3.05, 3.63) is 65.0 Å². The maximum Gasteiger partial charge on any atom is 0.129 e. The lowest BCUT2D eigenvalue weighted by molar-refractivity contribution is 0.304. The summed E-state index contributed by atoms with van der Waals surface area (Å²) in [4.78, 5) is 0. The van der Waals surface area contributed by atoms with E-state index in [1.165, 1.54) is 6.07 Å². The fourth-order valence-electron chi connectivity index (χ4n) is 1.73. The standard InChI is InChI=1S/C15H15FN2O/c1-10-6-7-12(8-14(10)16)19-9-11-4-2-3-5-13(11)15(17)18/h2-8H,9H2,1H3,(H3,17,18). The molecule has 0 atom stereocenters. The van der Waals surface area contributed by atoms with Crippen LogP contribution in [0.3, 0.4) is 0 Å². The lowest BCUT2D eigenvalue weighted by Gasteiger charge is -2.10. The first-order chi connectivity index (χ1) is 9.08. The molecule has 0 fully saturated rings. The van der Waals surface area contributed by atoms with Gasteiger partial charge in [-0.25, -0.2) is 4.39 Å². The molecule has 0 aromatic heterocycles. The van der Waals surface area contributed by atoms with Gasteiger partial charge in [-0.05, 0) is 18.6 Å². The molecule has 0 aliphatic carbocycles. The highest BCUT2D eigenvalue weighted by molar-refractivity contribution is 5.96. The summed E-state index contributed by atoms with van der Waals surface area (Å²) in [6.45, 7) is 1.95. The van der Waals surface area contributed by atoms with Crippen molar-refractivity contribution in [1.82, 2.24) is 0 Å². The van der Waals surface area contributed by atoms with Gasteiger partial charge in [0.2, 0.25) is 0 Å². The summed E-state index contributed by atoms with van der Waals surface area (Å²) in [7, 11) is 0. The quantitative estimate of drug-likeness (QED) is 0.654. The predicted molar refractivity (Wildman–Crippen MR) is 72.9 cm³/mol. The number of hydrogen-bond acceptors (Lipinski definition) is 2. The molecule has 0 saturated heterocycles. The minimum atomic E-state index is -0.294. The summed E-state index contributed by atoms with van der Waals surface area (Å²) in [5, 5.41) is 7.48. The zero-order chi connectivity index (χ0) is 13.8. The van der Waals surface area contributed by atoms with Gasteiger partial charge in [0.05, 0.1) is 0 Å². The smallest absolute Gasteiger partial charge is 0.129 e. The molecule has 0 aliphatic rings. The number of hydrogen-bond donors (Lipinski definition) is 2. The highest BCUT2D eigenvalue weighted by atomic mass is 19.1. The van der Waals surface area contributed by atoms with Crippen molar-refractivity contribution >= 4 is 5.84 Å². The van der Waals surface area contributed by atoms with Gasteiger partial charge in [-0.3, -0.25) is 5.41 Å². The zero-order valence-electron chi connectivity index (χ0n) is 10.6. The Kier molecular flexibility index (Phi) is 3.80. The Morgan fingerprint density at radius 3 is 2.68 bits per heavy atom. The van der Waals surface area contributed by atoms with Crippen LogP contribution in [-0.2, 0) is 6.61 Å². The average molecular weight is 258 g/mol. The number of aryl methyl sites for hydroxylation is 1. The van der Waals surface area contributed by atoms with Gasteiger partial charge in [-0.15, -0.1) is 0 Å². The first kappa shape index (κ1) is 13.1. The van der Waals surface area contributed by atoms with Gasteiger partial charge >= 0.3 is 0 Å². The van der Waals surface area contributed by atoms with E-state index in [2.05, 4.69) is 0 Å². The van der Waals surface area contributed by atoms with Crippen LogP contribution in [0.5, 0.6) is 5.75 Å². The third kappa shape index (κ3) is 3.10. The first-order valence-electron chi connectivity index (χ1n) is 5.89. The maximum absolute atomic E-state index is 13.4. The van der Waals surface area contributed by atoms with Gasteiger partial charge < -0.3 is 10.5 Å². The van der Waals surface area contributed by atoms with Gasteiger partial charge in [0.1, 0.15) is 24.0 Å². The van der Waals surface area contributed by atoms with Crippen LogP contribution in [0.2, 0.25) is 0 Å². The van der Waals surface area contributed by atoms with Crippen LogP contribution in [0.15, 0.2) is 42.5 Å². The van der Waals surface area contributed by atoms with Crippen molar-refractivity contribution in [3.63, 3.8) is 0 Å². The molecule has 2 aromatic carbocycles. The molecule has 19 heavy (non-hydrogen) atoms. The Hall–Kier alpha value is -2.36. The van der Waals surface area contributed by atoms with E-state index in [4.69, 9.17) is 15.9 Å². The van der Waals surface area contributed by atoms with Gasteiger partial charge in [0.25, 0.3) is 0 Å². The molecule has 0 spiro atoms. The maximum atomic E-state index is 13.4. The van der Waals surface area contributed by atoms with E-state index < -0.39 is 0 Å². The Bertz CT molecular complexity index is 611. The molecule has 0 unspecified atom stereocenters. The molecule has 0 radical (unpaired) electrons. The predicted octanol–water partition coefficient (Wildman–Crippen LogP) is 3.00. The minimum absolute atomic E-state index is 0.00529. The van der Waals surface area contributed by atoms with E-state index in [1.807, 2.05) is 18.2 Å². The Balaban J connectivity index is 2.14. The summed E-state index contributed by atoms with van der Waals surface area (Å²) in [5.41, 5.74) is 7.51. The molecule has 3 N–H and O–H groups in total. The van der Waals surface area contributed by atoms with Gasteiger partial charge in [-0.1, -0.05) is 30.3 Å². The van der Waals surface area contributed by atoms with Crippen LogP contribution in [-0.4, -0.2) is 5.84 Å². The summed E-state index contributed by atoms with van der Waals surface area (Å²) >= 11 is 0. The number of rotatable bonds is 4. The minimum Gasteiger partial charge on any atom is -0.489 e. The third-order valence-corrected chi connectivity index (χ3v) is 2.85. The Morgan fingerprint density at radius 1 is 1.26 bits per heavy atom. The Labute approximate surface area is 111 Å². The van der Waals surface area contributed by atoms with E-state index in [0.29, 0.717) is 16.9 Å². The molecule has 2 aromatic rings. The topological polar surface area (TPSA) is 59.1 Å². The molecule has 98 valence electrons. The lowest BCUT2D eigenvalue weighted by Crippen LogP contribution is -2.14. The number of ether oxygens (including phenoxy) is 1. The van der Waals surface area contributed by atoms with Crippen LogP contribution < -0.4 is 10.5 Å². The second-order valence-electron chi connectivity index (χ2n) is 4.27. The molecule has 2 rings (SSSR count). The van der Waals surface area contributed by atoms with Crippen LogP contribution in [0.4, 0.5) is 4.39 Å².